The molecule has 1 amide bonds. The van der Waals surface area contributed by atoms with Gasteiger partial charge in [-0.15, -0.1) is 11.6 Å². The number of amides is 1. The van der Waals surface area contributed by atoms with Crippen molar-refractivity contribution in [1.29, 1.82) is 0 Å². The van der Waals surface area contributed by atoms with E-state index in [-0.39, 0.29) is 5.91 Å². The third-order valence-corrected chi connectivity index (χ3v) is 3.30. The molecule has 5 heteroatoms. The molecule has 0 radical (unpaired) electrons. The zero-order valence-corrected chi connectivity index (χ0v) is 12.7. The zero-order chi connectivity index (χ0) is 15.1. The van der Waals surface area contributed by atoms with Crippen LogP contribution in [0.3, 0.4) is 0 Å². The Morgan fingerprint density at radius 3 is 2.76 bits per heavy atom. The summed E-state index contributed by atoms with van der Waals surface area (Å²) in [6.07, 6.45) is 5.94. The highest BCUT2D eigenvalue weighted by Gasteiger charge is 2.18. The predicted octanol–water partition coefficient (Wildman–Crippen LogP) is 2.68. The minimum Gasteiger partial charge on any atom is -0.337 e. The highest BCUT2D eigenvalue weighted by molar-refractivity contribution is 6.30. The summed E-state index contributed by atoms with van der Waals surface area (Å²) < 4.78 is 0. The second kappa shape index (κ2) is 7.74. The van der Waals surface area contributed by atoms with Crippen LogP contribution in [0.15, 0.2) is 48.9 Å². The van der Waals surface area contributed by atoms with Crippen molar-refractivity contribution in [3.63, 3.8) is 0 Å². The molecule has 0 N–H and O–H groups in total. The van der Waals surface area contributed by atoms with E-state index in [0.29, 0.717) is 19.5 Å². The van der Waals surface area contributed by atoms with Gasteiger partial charge in [-0.2, -0.15) is 0 Å². The Hall–Kier alpha value is -1.94. The Balaban J connectivity index is 2.04. The van der Waals surface area contributed by atoms with Gasteiger partial charge in [-0.1, -0.05) is 12.1 Å². The molecule has 0 saturated carbocycles. The van der Waals surface area contributed by atoms with Gasteiger partial charge in [0.1, 0.15) is 5.38 Å². The summed E-state index contributed by atoms with van der Waals surface area (Å²) in [5.41, 5.74) is 1.95. The van der Waals surface area contributed by atoms with Crippen molar-refractivity contribution in [1.82, 2.24) is 14.9 Å². The van der Waals surface area contributed by atoms with Crippen molar-refractivity contribution < 1.29 is 4.79 Å². The summed E-state index contributed by atoms with van der Waals surface area (Å²) in [7, 11) is 0. The molecule has 0 fully saturated rings. The lowest BCUT2D eigenvalue weighted by Gasteiger charge is -2.23. The van der Waals surface area contributed by atoms with Gasteiger partial charge >= 0.3 is 0 Å². The molecule has 0 aliphatic heterocycles. The number of alkyl halides is 1. The molecule has 2 aromatic heterocycles. The maximum absolute atomic E-state index is 12.2. The highest BCUT2D eigenvalue weighted by atomic mass is 35.5. The molecule has 1 atom stereocenters. The molecule has 0 aliphatic rings. The van der Waals surface area contributed by atoms with Crippen LogP contribution < -0.4 is 0 Å². The Morgan fingerprint density at radius 2 is 2.14 bits per heavy atom. The fraction of sp³-hybridized carbons (Fsp3) is 0.312. The largest absolute Gasteiger partial charge is 0.337 e. The zero-order valence-electron chi connectivity index (χ0n) is 11.9. The molecule has 0 saturated heterocycles. The van der Waals surface area contributed by atoms with E-state index in [4.69, 9.17) is 11.6 Å². The van der Waals surface area contributed by atoms with Gasteiger partial charge in [0.2, 0.25) is 5.91 Å². The van der Waals surface area contributed by atoms with Gasteiger partial charge in [0.25, 0.3) is 0 Å². The van der Waals surface area contributed by atoms with Crippen LogP contribution in [0, 0.1) is 0 Å². The molecule has 2 rings (SSSR count). The number of nitrogens with zero attached hydrogens (tertiary/aromatic N) is 3. The first kappa shape index (κ1) is 15.4. The minimum atomic E-state index is -0.537. The Morgan fingerprint density at radius 1 is 1.29 bits per heavy atom. The van der Waals surface area contributed by atoms with E-state index in [9.17, 15) is 4.79 Å². The lowest BCUT2D eigenvalue weighted by molar-refractivity contribution is -0.131. The maximum atomic E-state index is 12.2. The Kier molecular flexibility index (Phi) is 5.69. The molecular formula is C16H18ClN3O. The number of pyridine rings is 2. The molecule has 1 unspecified atom stereocenters. The number of carbonyl (C=O) groups excluding carboxylic acids is 1. The van der Waals surface area contributed by atoms with Crippen LogP contribution in [0.2, 0.25) is 0 Å². The van der Waals surface area contributed by atoms with Crippen molar-refractivity contribution in [2.45, 2.75) is 25.3 Å². The monoisotopic (exact) mass is 303 g/mol. The van der Waals surface area contributed by atoms with E-state index in [1.165, 1.54) is 0 Å². The summed E-state index contributed by atoms with van der Waals surface area (Å²) in [6, 6.07) is 9.59. The standard InChI is InChI=1S/C16H18ClN3O/c1-13(17)16(21)20(12-14-5-4-8-18-11-14)10-7-15-6-2-3-9-19-15/h2-6,8-9,11,13H,7,10,12H2,1H3. The van der Waals surface area contributed by atoms with Crippen molar-refractivity contribution in [2.24, 2.45) is 0 Å². The lowest BCUT2D eigenvalue weighted by Crippen LogP contribution is -2.36. The van der Waals surface area contributed by atoms with E-state index >= 15 is 0 Å². The number of halogens is 1. The van der Waals surface area contributed by atoms with E-state index < -0.39 is 5.38 Å². The number of hydrogen-bond donors (Lipinski definition) is 0. The summed E-state index contributed by atoms with van der Waals surface area (Å²) in [5, 5.41) is -0.537. The van der Waals surface area contributed by atoms with Crippen molar-refractivity contribution >= 4 is 17.5 Å². The van der Waals surface area contributed by atoms with Crippen LogP contribution in [-0.2, 0) is 17.8 Å². The van der Waals surface area contributed by atoms with Crippen molar-refractivity contribution in [3.05, 3.63) is 60.2 Å². The normalized spacial score (nSPS) is 11.9. The number of rotatable bonds is 6. The summed E-state index contributed by atoms with van der Waals surface area (Å²) in [5.74, 6) is -0.0727. The van der Waals surface area contributed by atoms with E-state index in [2.05, 4.69) is 9.97 Å². The van der Waals surface area contributed by atoms with Crippen LogP contribution >= 0.6 is 11.6 Å². The van der Waals surface area contributed by atoms with Gasteiger partial charge in [0.15, 0.2) is 0 Å². The van der Waals surface area contributed by atoms with Gasteiger partial charge in [-0.05, 0) is 30.7 Å². The second-order valence-electron chi connectivity index (χ2n) is 4.81. The van der Waals surface area contributed by atoms with Crippen LogP contribution in [0.25, 0.3) is 0 Å². The molecule has 0 aromatic carbocycles. The molecule has 110 valence electrons. The Bertz CT molecular complexity index is 560. The van der Waals surface area contributed by atoms with Crippen LogP contribution in [0.4, 0.5) is 0 Å². The smallest absolute Gasteiger partial charge is 0.240 e. The first-order valence-electron chi connectivity index (χ1n) is 6.88. The maximum Gasteiger partial charge on any atom is 0.240 e. The van der Waals surface area contributed by atoms with Crippen molar-refractivity contribution in [2.75, 3.05) is 6.54 Å². The van der Waals surface area contributed by atoms with Gasteiger partial charge < -0.3 is 4.90 Å². The van der Waals surface area contributed by atoms with Crippen LogP contribution in [0.5, 0.6) is 0 Å². The molecule has 0 aliphatic carbocycles. The molecule has 2 heterocycles. The molecule has 21 heavy (non-hydrogen) atoms. The lowest BCUT2D eigenvalue weighted by atomic mass is 10.2. The number of hydrogen-bond acceptors (Lipinski definition) is 3. The average Bonchev–Trinajstić information content (AvgIpc) is 2.52. The van der Waals surface area contributed by atoms with E-state index in [1.807, 2.05) is 30.3 Å². The second-order valence-corrected chi connectivity index (χ2v) is 5.46. The first-order chi connectivity index (χ1) is 10.2. The first-order valence-corrected chi connectivity index (χ1v) is 7.32. The summed E-state index contributed by atoms with van der Waals surface area (Å²) in [4.78, 5) is 22.3. The van der Waals surface area contributed by atoms with Gasteiger partial charge in [0.05, 0.1) is 0 Å². The fourth-order valence-corrected chi connectivity index (χ4v) is 2.16. The summed E-state index contributed by atoms with van der Waals surface area (Å²) in [6.45, 7) is 2.79. The van der Waals surface area contributed by atoms with Crippen LogP contribution in [-0.4, -0.2) is 32.7 Å². The molecule has 4 nitrogen and oxygen atoms in total. The van der Waals surface area contributed by atoms with Gasteiger partial charge in [-0.3, -0.25) is 14.8 Å². The summed E-state index contributed by atoms with van der Waals surface area (Å²) >= 11 is 5.95. The van der Waals surface area contributed by atoms with E-state index in [0.717, 1.165) is 11.3 Å². The molecule has 2 aromatic rings. The predicted molar refractivity (Wildman–Crippen MR) is 82.9 cm³/mol. The molecular weight excluding hydrogens is 286 g/mol. The molecule has 0 bridgehead atoms. The average molecular weight is 304 g/mol. The van der Waals surface area contributed by atoms with E-state index in [1.54, 1.807) is 30.4 Å². The number of carbonyl (C=O) groups is 1. The van der Waals surface area contributed by atoms with Crippen LogP contribution in [0.1, 0.15) is 18.2 Å². The van der Waals surface area contributed by atoms with Gasteiger partial charge in [-0.25, -0.2) is 0 Å². The highest BCUT2D eigenvalue weighted by Crippen LogP contribution is 2.09. The third-order valence-electron chi connectivity index (χ3n) is 3.11. The third kappa shape index (κ3) is 4.83. The Labute approximate surface area is 129 Å². The minimum absolute atomic E-state index is 0.0727. The number of aromatic nitrogens is 2. The molecule has 0 spiro atoms. The topological polar surface area (TPSA) is 46.1 Å². The SMILES string of the molecule is CC(Cl)C(=O)N(CCc1ccccn1)Cc1cccnc1. The fourth-order valence-electron chi connectivity index (χ4n) is 2.03. The van der Waals surface area contributed by atoms with Crippen molar-refractivity contribution in [3.8, 4) is 0 Å². The quantitative estimate of drug-likeness (QED) is 0.771. The van der Waals surface area contributed by atoms with Gasteiger partial charge in [0, 0.05) is 43.8 Å².